The number of hydrogen-bond donors (Lipinski definition) is 2. The molecular formula is C12H10O4. The molecule has 0 heterocycles. The summed E-state index contributed by atoms with van der Waals surface area (Å²) in [6.07, 6.45) is 2.62. The van der Waals surface area contributed by atoms with Crippen LogP contribution in [0.3, 0.4) is 0 Å². The molecule has 0 saturated carbocycles. The molecule has 4 heteroatoms. The lowest BCUT2D eigenvalue weighted by Crippen LogP contribution is -2.06. The minimum atomic E-state index is -1.13. The quantitative estimate of drug-likeness (QED) is 0.813. The Labute approximate surface area is 92.2 Å². The van der Waals surface area contributed by atoms with Crippen molar-refractivity contribution in [1.29, 1.82) is 0 Å². The van der Waals surface area contributed by atoms with Gasteiger partial charge in [-0.1, -0.05) is 25.3 Å². The van der Waals surface area contributed by atoms with Crippen LogP contribution < -0.4 is 0 Å². The molecule has 0 unspecified atom stereocenters. The van der Waals surface area contributed by atoms with Gasteiger partial charge in [-0.15, -0.1) is 0 Å². The Hall–Kier alpha value is -2.36. The first-order valence-electron chi connectivity index (χ1n) is 4.40. The highest BCUT2D eigenvalue weighted by Crippen LogP contribution is 2.19. The first-order valence-corrected chi connectivity index (χ1v) is 4.40. The molecule has 0 fully saturated rings. The van der Waals surface area contributed by atoms with E-state index in [4.69, 9.17) is 10.2 Å². The minimum Gasteiger partial charge on any atom is -0.478 e. The molecule has 0 aliphatic heterocycles. The lowest BCUT2D eigenvalue weighted by molar-refractivity contribution is 0.0680. The summed E-state index contributed by atoms with van der Waals surface area (Å²) in [5, 5.41) is 17.8. The van der Waals surface area contributed by atoms with Crippen molar-refractivity contribution >= 4 is 24.1 Å². The Bertz CT molecular complexity index is 440. The molecule has 0 aromatic heterocycles. The van der Waals surface area contributed by atoms with Crippen LogP contribution >= 0.6 is 0 Å². The van der Waals surface area contributed by atoms with Gasteiger partial charge in [-0.2, -0.15) is 0 Å². The van der Waals surface area contributed by atoms with Crippen molar-refractivity contribution in [3.63, 3.8) is 0 Å². The minimum absolute atomic E-state index is 0.00917. The first kappa shape index (κ1) is 11.7. The van der Waals surface area contributed by atoms with E-state index in [9.17, 15) is 9.59 Å². The highest BCUT2D eigenvalue weighted by Gasteiger charge is 2.15. The van der Waals surface area contributed by atoms with E-state index < -0.39 is 11.9 Å². The summed E-state index contributed by atoms with van der Waals surface area (Å²) < 4.78 is 0. The van der Waals surface area contributed by atoms with Gasteiger partial charge in [0.2, 0.25) is 0 Å². The maximum absolute atomic E-state index is 10.9. The van der Waals surface area contributed by atoms with E-state index in [1.165, 1.54) is 24.3 Å². The van der Waals surface area contributed by atoms with Crippen LogP contribution in [-0.2, 0) is 0 Å². The second-order valence-corrected chi connectivity index (χ2v) is 3.05. The predicted octanol–water partition coefficient (Wildman–Crippen LogP) is 2.37. The molecule has 0 saturated heterocycles. The number of hydrogen-bond acceptors (Lipinski definition) is 2. The second-order valence-electron chi connectivity index (χ2n) is 3.05. The van der Waals surface area contributed by atoms with Gasteiger partial charge >= 0.3 is 11.9 Å². The summed E-state index contributed by atoms with van der Waals surface area (Å²) >= 11 is 0. The molecule has 0 atom stereocenters. The maximum atomic E-state index is 10.9. The van der Waals surface area contributed by atoms with Gasteiger partial charge in [0.1, 0.15) is 0 Å². The zero-order valence-electron chi connectivity index (χ0n) is 8.43. The van der Waals surface area contributed by atoms with E-state index in [0.717, 1.165) is 0 Å². The Morgan fingerprint density at radius 2 is 1.25 bits per heavy atom. The smallest absolute Gasteiger partial charge is 0.336 e. The topological polar surface area (TPSA) is 74.6 Å². The van der Waals surface area contributed by atoms with Crippen LogP contribution in [0.25, 0.3) is 12.2 Å². The van der Waals surface area contributed by atoms with E-state index in [2.05, 4.69) is 13.2 Å². The molecule has 1 aromatic carbocycles. The molecule has 0 aliphatic rings. The number of carbonyl (C=O) groups is 2. The highest BCUT2D eigenvalue weighted by molar-refractivity contribution is 5.98. The van der Waals surface area contributed by atoms with Crippen molar-refractivity contribution in [1.82, 2.24) is 0 Å². The van der Waals surface area contributed by atoms with Crippen LogP contribution in [0, 0.1) is 0 Å². The summed E-state index contributed by atoms with van der Waals surface area (Å²) in [6, 6.07) is 2.55. The fraction of sp³-hybridized carbons (Fsp3) is 0. The molecular weight excluding hydrogens is 208 g/mol. The number of rotatable bonds is 4. The lowest BCUT2D eigenvalue weighted by atomic mass is 9.98. The Balaban J connectivity index is 3.58. The van der Waals surface area contributed by atoms with Crippen molar-refractivity contribution in [2.75, 3.05) is 0 Å². The summed E-state index contributed by atoms with van der Waals surface area (Å²) in [7, 11) is 0. The van der Waals surface area contributed by atoms with E-state index in [1.54, 1.807) is 0 Å². The van der Waals surface area contributed by atoms with Crippen LogP contribution in [-0.4, -0.2) is 22.2 Å². The van der Waals surface area contributed by atoms with Gasteiger partial charge in [-0.3, -0.25) is 0 Å². The molecule has 0 aliphatic carbocycles. The molecule has 0 bridgehead atoms. The van der Waals surface area contributed by atoms with Gasteiger partial charge in [0.05, 0.1) is 11.1 Å². The molecule has 1 rings (SSSR count). The van der Waals surface area contributed by atoms with E-state index >= 15 is 0 Å². The summed E-state index contributed by atoms with van der Waals surface area (Å²) in [6.45, 7) is 6.90. The summed E-state index contributed by atoms with van der Waals surface area (Å²) in [5.74, 6) is -2.26. The van der Waals surface area contributed by atoms with Gasteiger partial charge < -0.3 is 10.2 Å². The van der Waals surface area contributed by atoms with Gasteiger partial charge in [0.25, 0.3) is 0 Å². The predicted molar refractivity (Wildman–Crippen MR) is 60.5 cm³/mol. The second kappa shape index (κ2) is 4.44. The van der Waals surface area contributed by atoms with Crippen LogP contribution in [0.4, 0.5) is 0 Å². The third-order valence-corrected chi connectivity index (χ3v) is 2.12. The molecule has 16 heavy (non-hydrogen) atoms. The van der Waals surface area contributed by atoms with Gasteiger partial charge in [0, 0.05) is 0 Å². The van der Waals surface area contributed by atoms with Crippen molar-refractivity contribution in [3.05, 3.63) is 47.5 Å². The molecule has 4 nitrogen and oxygen atoms in total. The average Bonchev–Trinajstić information content (AvgIpc) is 2.26. The first-order chi connectivity index (χ1) is 7.51. The summed E-state index contributed by atoms with van der Waals surface area (Å²) in [5.41, 5.74) is 0.566. The van der Waals surface area contributed by atoms with Gasteiger partial charge in [-0.05, 0) is 23.3 Å². The normalized spacial score (nSPS) is 9.50. The molecule has 0 radical (unpaired) electrons. The standard InChI is InChI=1S/C12H10O4/c1-3-7-5-10(12(15)16)8(4-2)6-9(7)11(13)14/h3-6H,1-2H2,(H,13,14)(H,15,16). The SMILES string of the molecule is C=Cc1cc(C(=O)O)c(C=C)cc1C(=O)O. The molecule has 0 spiro atoms. The number of aromatic carboxylic acids is 2. The Kier molecular flexibility index (Phi) is 3.25. The largest absolute Gasteiger partial charge is 0.478 e. The number of benzene rings is 1. The molecule has 82 valence electrons. The van der Waals surface area contributed by atoms with E-state index in [0.29, 0.717) is 0 Å². The van der Waals surface area contributed by atoms with Crippen LogP contribution in [0.2, 0.25) is 0 Å². The zero-order chi connectivity index (χ0) is 12.3. The maximum Gasteiger partial charge on any atom is 0.336 e. The highest BCUT2D eigenvalue weighted by atomic mass is 16.4. The fourth-order valence-electron chi connectivity index (χ4n) is 1.34. The van der Waals surface area contributed by atoms with Gasteiger partial charge in [-0.25, -0.2) is 9.59 Å². The lowest BCUT2D eigenvalue weighted by Gasteiger charge is -2.06. The van der Waals surface area contributed by atoms with Crippen LogP contribution in [0.1, 0.15) is 31.8 Å². The Morgan fingerprint density at radius 1 is 0.938 bits per heavy atom. The Morgan fingerprint density at radius 3 is 1.44 bits per heavy atom. The van der Waals surface area contributed by atoms with Crippen molar-refractivity contribution < 1.29 is 19.8 Å². The van der Waals surface area contributed by atoms with Crippen LogP contribution in [0.15, 0.2) is 25.3 Å². The van der Waals surface area contributed by atoms with Crippen molar-refractivity contribution in [3.8, 4) is 0 Å². The third-order valence-electron chi connectivity index (χ3n) is 2.12. The molecule has 0 amide bonds. The molecule has 2 N–H and O–H groups in total. The third kappa shape index (κ3) is 2.00. The van der Waals surface area contributed by atoms with E-state index in [-0.39, 0.29) is 22.3 Å². The fourth-order valence-corrected chi connectivity index (χ4v) is 1.34. The van der Waals surface area contributed by atoms with Gasteiger partial charge in [0.15, 0.2) is 0 Å². The summed E-state index contributed by atoms with van der Waals surface area (Å²) in [4.78, 5) is 21.8. The van der Waals surface area contributed by atoms with E-state index in [1.807, 2.05) is 0 Å². The monoisotopic (exact) mass is 218 g/mol. The van der Waals surface area contributed by atoms with Crippen LogP contribution in [0.5, 0.6) is 0 Å². The number of carboxylic acid groups (broad SMARTS) is 2. The number of carboxylic acids is 2. The van der Waals surface area contributed by atoms with Crippen molar-refractivity contribution in [2.45, 2.75) is 0 Å². The molecule has 1 aromatic rings. The van der Waals surface area contributed by atoms with Crippen molar-refractivity contribution in [2.24, 2.45) is 0 Å². The zero-order valence-corrected chi connectivity index (χ0v) is 8.43. The average molecular weight is 218 g/mol.